The molecule has 2 N–H and O–H groups in total. The standard InChI is InChI=1S/C24H23FN6O3/c1-33-24-27-12-16(13-28-24)19-10-15-4-5-26-20(14-32)22(15)23(30-19)29-17-2-3-21(18(25)11-17)31-6-8-34-9-7-31/h2-5,10-14,20,26H,6-9H2,1H3,(H,29,30). The summed E-state index contributed by atoms with van der Waals surface area (Å²) in [5, 5.41) is 6.23. The fourth-order valence-corrected chi connectivity index (χ4v) is 4.05. The third-order valence-electron chi connectivity index (χ3n) is 5.75. The lowest BCUT2D eigenvalue weighted by atomic mass is 9.97. The maximum Gasteiger partial charge on any atom is 0.316 e. The molecule has 0 spiro atoms. The Bertz CT molecular complexity index is 1230. The number of aldehydes is 1. The van der Waals surface area contributed by atoms with Crippen molar-refractivity contribution in [2.75, 3.05) is 43.6 Å². The number of aromatic nitrogens is 3. The summed E-state index contributed by atoms with van der Waals surface area (Å²) in [6.45, 7) is 2.43. The van der Waals surface area contributed by atoms with E-state index in [4.69, 9.17) is 14.5 Å². The SMILES string of the molecule is COc1ncc(-c2cc3c(c(Nc4ccc(N5CCOCC5)c(F)c4)n2)C(C=O)NC=C3)cn1. The fourth-order valence-electron chi connectivity index (χ4n) is 4.05. The van der Waals surface area contributed by atoms with Gasteiger partial charge >= 0.3 is 6.01 Å². The van der Waals surface area contributed by atoms with Gasteiger partial charge in [-0.2, -0.15) is 0 Å². The number of nitrogens with one attached hydrogen (secondary N) is 2. The van der Waals surface area contributed by atoms with E-state index in [9.17, 15) is 9.18 Å². The van der Waals surface area contributed by atoms with Crippen LogP contribution in [-0.2, 0) is 9.53 Å². The predicted molar refractivity (Wildman–Crippen MR) is 126 cm³/mol. The maximum atomic E-state index is 15.0. The van der Waals surface area contributed by atoms with Crippen molar-refractivity contribution in [2.45, 2.75) is 6.04 Å². The molecule has 9 nitrogen and oxygen atoms in total. The molecular formula is C24H23FN6O3. The minimum absolute atomic E-state index is 0.251. The zero-order chi connectivity index (χ0) is 23.5. The Hall–Kier alpha value is -4.05. The summed E-state index contributed by atoms with van der Waals surface area (Å²) in [5.41, 5.74) is 3.81. The number of ether oxygens (including phenoxy) is 2. The number of hydrogen-bond acceptors (Lipinski definition) is 9. The summed E-state index contributed by atoms with van der Waals surface area (Å²) < 4.78 is 25.4. The molecule has 34 heavy (non-hydrogen) atoms. The second-order valence-electron chi connectivity index (χ2n) is 7.82. The van der Waals surface area contributed by atoms with Crippen molar-refractivity contribution in [1.29, 1.82) is 0 Å². The van der Waals surface area contributed by atoms with Crippen LogP contribution in [0, 0.1) is 5.82 Å². The highest BCUT2D eigenvalue weighted by Crippen LogP contribution is 2.34. The van der Waals surface area contributed by atoms with Crippen LogP contribution in [0.1, 0.15) is 17.2 Å². The van der Waals surface area contributed by atoms with Gasteiger partial charge < -0.3 is 29.8 Å². The Labute approximate surface area is 195 Å². The quantitative estimate of drug-likeness (QED) is 0.535. The van der Waals surface area contributed by atoms with E-state index in [-0.39, 0.29) is 11.8 Å². The van der Waals surface area contributed by atoms with Crippen LogP contribution in [0.2, 0.25) is 0 Å². The number of morpholine rings is 1. The van der Waals surface area contributed by atoms with E-state index >= 15 is 0 Å². The fraction of sp³-hybridized carbons (Fsp3) is 0.250. The molecule has 174 valence electrons. The highest BCUT2D eigenvalue weighted by molar-refractivity contribution is 5.80. The number of pyridine rings is 1. The first-order valence-corrected chi connectivity index (χ1v) is 10.8. The van der Waals surface area contributed by atoms with Crippen LogP contribution in [0.4, 0.5) is 21.6 Å². The van der Waals surface area contributed by atoms with Crippen LogP contribution >= 0.6 is 0 Å². The van der Waals surface area contributed by atoms with Crippen LogP contribution in [-0.4, -0.2) is 54.7 Å². The van der Waals surface area contributed by atoms with Gasteiger partial charge in [0, 0.05) is 42.3 Å². The average molecular weight is 462 g/mol. The van der Waals surface area contributed by atoms with E-state index in [1.807, 2.05) is 17.0 Å². The second-order valence-corrected chi connectivity index (χ2v) is 7.82. The Morgan fingerprint density at radius 3 is 2.74 bits per heavy atom. The summed E-state index contributed by atoms with van der Waals surface area (Å²) in [6.07, 6.45) is 7.62. The number of anilines is 3. The Balaban J connectivity index is 1.52. The normalized spacial score (nSPS) is 17.0. The molecule has 1 unspecified atom stereocenters. The minimum atomic E-state index is -0.589. The molecule has 1 fully saturated rings. The largest absolute Gasteiger partial charge is 0.467 e. The molecule has 0 saturated carbocycles. The lowest BCUT2D eigenvalue weighted by Gasteiger charge is -2.29. The van der Waals surface area contributed by atoms with Gasteiger partial charge in [0.15, 0.2) is 0 Å². The predicted octanol–water partition coefficient (Wildman–Crippen LogP) is 3.08. The Kier molecular flexibility index (Phi) is 6.05. The average Bonchev–Trinajstić information content (AvgIpc) is 2.89. The summed E-state index contributed by atoms with van der Waals surface area (Å²) >= 11 is 0. The smallest absolute Gasteiger partial charge is 0.316 e. The van der Waals surface area contributed by atoms with E-state index < -0.39 is 6.04 Å². The second kappa shape index (κ2) is 9.44. The monoisotopic (exact) mass is 462 g/mol. The van der Waals surface area contributed by atoms with Crippen LogP contribution in [0.15, 0.2) is 42.9 Å². The summed E-state index contributed by atoms with van der Waals surface area (Å²) in [7, 11) is 1.50. The van der Waals surface area contributed by atoms with E-state index in [2.05, 4.69) is 20.6 Å². The van der Waals surface area contributed by atoms with Gasteiger partial charge in [0.1, 0.15) is 24.0 Å². The molecule has 1 saturated heterocycles. The van der Waals surface area contributed by atoms with Crippen LogP contribution in [0.5, 0.6) is 6.01 Å². The zero-order valence-electron chi connectivity index (χ0n) is 18.5. The number of methoxy groups -OCH3 is 1. The third kappa shape index (κ3) is 4.27. The topological polar surface area (TPSA) is 102 Å². The van der Waals surface area contributed by atoms with Crippen molar-refractivity contribution < 1.29 is 18.7 Å². The number of benzene rings is 1. The Morgan fingerprint density at radius 2 is 2.03 bits per heavy atom. The van der Waals surface area contributed by atoms with E-state index in [1.54, 1.807) is 30.7 Å². The van der Waals surface area contributed by atoms with Crippen molar-refractivity contribution in [3.63, 3.8) is 0 Å². The van der Waals surface area contributed by atoms with Crippen molar-refractivity contribution in [1.82, 2.24) is 20.3 Å². The molecule has 2 aromatic heterocycles. The van der Waals surface area contributed by atoms with Gasteiger partial charge in [0.25, 0.3) is 0 Å². The molecule has 5 rings (SSSR count). The first kappa shape index (κ1) is 21.8. The molecule has 2 aliphatic rings. The number of carbonyl (C=O) groups excluding carboxylic acids is 1. The van der Waals surface area contributed by atoms with Crippen molar-refractivity contribution in [3.8, 4) is 17.3 Å². The summed E-state index contributed by atoms with van der Waals surface area (Å²) in [4.78, 5) is 26.8. The molecule has 4 heterocycles. The van der Waals surface area contributed by atoms with E-state index in [1.165, 1.54) is 13.2 Å². The van der Waals surface area contributed by atoms with Gasteiger partial charge in [-0.15, -0.1) is 0 Å². The van der Waals surface area contributed by atoms with Gasteiger partial charge in [0.05, 0.1) is 31.7 Å². The molecule has 2 aliphatic heterocycles. The molecule has 0 amide bonds. The van der Waals surface area contributed by atoms with Crippen LogP contribution < -0.4 is 20.3 Å². The molecule has 0 aliphatic carbocycles. The van der Waals surface area contributed by atoms with Gasteiger partial charge in [-0.3, -0.25) is 0 Å². The summed E-state index contributed by atoms with van der Waals surface area (Å²) in [6, 6.07) is 6.50. The lowest BCUT2D eigenvalue weighted by Crippen LogP contribution is -2.36. The number of rotatable bonds is 6. The molecule has 3 aromatic rings. The van der Waals surface area contributed by atoms with Gasteiger partial charge in [-0.05, 0) is 42.1 Å². The van der Waals surface area contributed by atoms with Gasteiger partial charge in [-0.25, -0.2) is 19.3 Å². The van der Waals surface area contributed by atoms with Crippen LogP contribution in [0.3, 0.4) is 0 Å². The minimum Gasteiger partial charge on any atom is -0.467 e. The molecular weight excluding hydrogens is 439 g/mol. The van der Waals surface area contributed by atoms with E-state index in [0.29, 0.717) is 60.3 Å². The molecule has 0 radical (unpaired) electrons. The lowest BCUT2D eigenvalue weighted by molar-refractivity contribution is -0.109. The van der Waals surface area contributed by atoms with Crippen LogP contribution in [0.25, 0.3) is 17.3 Å². The number of hydrogen-bond donors (Lipinski definition) is 2. The van der Waals surface area contributed by atoms with E-state index in [0.717, 1.165) is 11.8 Å². The van der Waals surface area contributed by atoms with Crippen molar-refractivity contribution >= 4 is 29.6 Å². The number of nitrogens with zero attached hydrogens (tertiary/aromatic N) is 4. The highest BCUT2D eigenvalue weighted by atomic mass is 19.1. The highest BCUT2D eigenvalue weighted by Gasteiger charge is 2.23. The van der Waals surface area contributed by atoms with Crippen molar-refractivity contribution in [3.05, 3.63) is 59.8 Å². The maximum absolute atomic E-state index is 15.0. The third-order valence-corrected chi connectivity index (χ3v) is 5.75. The molecule has 1 atom stereocenters. The number of carbonyl (C=O) groups is 1. The first-order valence-electron chi connectivity index (χ1n) is 10.8. The molecule has 0 bridgehead atoms. The summed E-state index contributed by atoms with van der Waals surface area (Å²) in [5.74, 6) is 0.0984. The molecule has 1 aromatic carbocycles. The molecule has 10 heteroatoms. The number of fused-ring (bicyclic) bond motifs is 1. The Morgan fingerprint density at radius 1 is 1.24 bits per heavy atom. The first-order chi connectivity index (χ1) is 16.7. The number of halogens is 1. The van der Waals surface area contributed by atoms with Gasteiger partial charge in [0.2, 0.25) is 0 Å². The zero-order valence-corrected chi connectivity index (χ0v) is 18.5. The van der Waals surface area contributed by atoms with Crippen molar-refractivity contribution in [2.24, 2.45) is 0 Å². The van der Waals surface area contributed by atoms with Gasteiger partial charge in [-0.1, -0.05) is 0 Å².